The molecule has 2 unspecified atom stereocenters. The molecule has 0 spiro atoms. The van der Waals surface area contributed by atoms with Crippen LogP contribution in [-0.4, -0.2) is 35.2 Å². The van der Waals surface area contributed by atoms with Crippen LogP contribution in [0.2, 0.25) is 0 Å². The van der Waals surface area contributed by atoms with E-state index < -0.39 is 6.09 Å². The molecule has 11 heavy (non-hydrogen) atoms. The fourth-order valence-corrected chi connectivity index (χ4v) is 1.27. The maximum atomic E-state index is 10.5. The highest BCUT2D eigenvalue weighted by atomic mass is 16.4. The minimum atomic E-state index is -0.854. The van der Waals surface area contributed by atoms with Gasteiger partial charge in [0.15, 0.2) is 0 Å². The summed E-state index contributed by atoms with van der Waals surface area (Å²) < 4.78 is 0. The van der Waals surface area contributed by atoms with E-state index in [1.807, 2.05) is 0 Å². The van der Waals surface area contributed by atoms with Gasteiger partial charge in [-0.2, -0.15) is 0 Å². The number of hydrogen-bond acceptors (Lipinski definition) is 2. The second-order valence-corrected chi connectivity index (χ2v) is 3.16. The first-order valence-electron chi connectivity index (χ1n) is 3.84. The number of amides is 1. The van der Waals surface area contributed by atoms with E-state index in [1.54, 1.807) is 0 Å². The third-order valence-electron chi connectivity index (χ3n) is 2.29. The topological polar surface area (TPSA) is 66.6 Å². The molecule has 2 atom stereocenters. The third kappa shape index (κ3) is 1.83. The Morgan fingerprint density at radius 2 is 2.36 bits per heavy atom. The van der Waals surface area contributed by atoms with Crippen molar-refractivity contribution >= 4 is 6.09 Å². The molecule has 1 aliphatic heterocycles. The van der Waals surface area contributed by atoms with Gasteiger partial charge in [-0.25, -0.2) is 4.79 Å². The highest BCUT2D eigenvalue weighted by molar-refractivity contribution is 5.65. The first-order chi connectivity index (χ1) is 5.11. The molecule has 4 nitrogen and oxygen atoms in total. The van der Waals surface area contributed by atoms with Crippen LogP contribution in [-0.2, 0) is 0 Å². The summed E-state index contributed by atoms with van der Waals surface area (Å²) >= 11 is 0. The van der Waals surface area contributed by atoms with Crippen molar-refractivity contribution < 1.29 is 9.90 Å². The van der Waals surface area contributed by atoms with Gasteiger partial charge in [-0.3, -0.25) is 0 Å². The first kappa shape index (κ1) is 8.33. The summed E-state index contributed by atoms with van der Waals surface area (Å²) in [5.41, 5.74) is 5.70. The number of hydrogen-bond donors (Lipinski definition) is 2. The molecule has 0 radical (unpaired) electrons. The highest BCUT2D eigenvalue weighted by Gasteiger charge is 2.25. The minimum Gasteiger partial charge on any atom is -0.465 e. The van der Waals surface area contributed by atoms with Gasteiger partial charge < -0.3 is 15.7 Å². The van der Waals surface area contributed by atoms with Crippen LogP contribution < -0.4 is 5.73 Å². The number of carbonyl (C=O) groups is 1. The van der Waals surface area contributed by atoms with Gasteiger partial charge in [-0.1, -0.05) is 6.92 Å². The van der Waals surface area contributed by atoms with Gasteiger partial charge in [0.1, 0.15) is 0 Å². The van der Waals surface area contributed by atoms with Crippen LogP contribution in [0.15, 0.2) is 0 Å². The fourth-order valence-electron chi connectivity index (χ4n) is 1.27. The van der Waals surface area contributed by atoms with Crippen molar-refractivity contribution in [1.82, 2.24) is 4.90 Å². The molecule has 3 N–H and O–H groups in total. The van der Waals surface area contributed by atoms with Crippen molar-refractivity contribution in [2.24, 2.45) is 11.7 Å². The molecule has 0 aliphatic carbocycles. The standard InChI is InChI=1S/C7H14N2O2/c1-5-2-3-9(7(10)11)4-6(5)8/h5-6H,2-4,8H2,1H3,(H,10,11). The van der Waals surface area contributed by atoms with Crippen LogP contribution in [0.25, 0.3) is 0 Å². The lowest BCUT2D eigenvalue weighted by atomic mass is 9.95. The molecular formula is C7H14N2O2. The summed E-state index contributed by atoms with van der Waals surface area (Å²) in [6.07, 6.45) is 0.0281. The van der Waals surface area contributed by atoms with Gasteiger partial charge >= 0.3 is 6.09 Å². The minimum absolute atomic E-state index is 0.0137. The number of piperidine rings is 1. The Morgan fingerprint density at radius 1 is 1.73 bits per heavy atom. The predicted octanol–water partition coefficient (Wildman–Crippen LogP) is 0.334. The van der Waals surface area contributed by atoms with Crippen LogP contribution in [0.1, 0.15) is 13.3 Å². The summed E-state index contributed by atoms with van der Waals surface area (Å²) in [6.45, 7) is 3.17. The molecule has 0 aromatic rings. The van der Waals surface area contributed by atoms with Gasteiger partial charge in [0.05, 0.1) is 0 Å². The van der Waals surface area contributed by atoms with Crippen LogP contribution in [0.5, 0.6) is 0 Å². The van der Waals surface area contributed by atoms with E-state index in [0.29, 0.717) is 19.0 Å². The number of carboxylic acid groups (broad SMARTS) is 1. The molecule has 0 aromatic carbocycles. The number of nitrogens with zero attached hydrogens (tertiary/aromatic N) is 1. The van der Waals surface area contributed by atoms with E-state index in [4.69, 9.17) is 10.8 Å². The summed E-state index contributed by atoms with van der Waals surface area (Å²) in [6, 6.07) is 0.0137. The normalized spacial score (nSPS) is 32.0. The van der Waals surface area contributed by atoms with E-state index in [-0.39, 0.29) is 6.04 Å². The Balaban J connectivity index is 2.46. The molecule has 1 amide bonds. The van der Waals surface area contributed by atoms with Crippen molar-refractivity contribution in [1.29, 1.82) is 0 Å². The molecule has 1 aliphatic rings. The average molecular weight is 158 g/mol. The lowest BCUT2D eigenvalue weighted by Gasteiger charge is -2.33. The molecule has 1 saturated heterocycles. The summed E-state index contributed by atoms with van der Waals surface area (Å²) in [4.78, 5) is 11.9. The molecule has 1 fully saturated rings. The van der Waals surface area contributed by atoms with Crippen molar-refractivity contribution in [2.75, 3.05) is 13.1 Å². The Kier molecular flexibility index (Phi) is 2.34. The van der Waals surface area contributed by atoms with Crippen molar-refractivity contribution in [3.8, 4) is 0 Å². The van der Waals surface area contributed by atoms with E-state index in [0.717, 1.165) is 6.42 Å². The lowest BCUT2D eigenvalue weighted by Crippen LogP contribution is -2.49. The van der Waals surface area contributed by atoms with Crippen molar-refractivity contribution in [3.05, 3.63) is 0 Å². The molecule has 1 rings (SSSR count). The van der Waals surface area contributed by atoms with Crippen LogP contribution in [0.3, 0.4) is 0 Å². The predicted molar refractivity (Wildman–Crippen MR) is 41.4 cm³/mol. The summed E-state index contributed by atoms with van der Waals surface area (Å²) in [5, 5.41) is 8.61. The molecule has 1 heterocycles. The van der Waals surface area contributed by atoms with Gasteiger partial charge in [-0.05, 0) is 12.3 Å². The second-order valence-electron chi connectivity index (χ2n) is 3.16. The zero-order valence-corrected chi connectivity index (χ0v) is 6.66. The van der Waals surface area contributed by atoms with Crippen LogP contribution in [0, 0.1) is 5.92 Å². The highest BCUT2D eigenvalue weighted by Crippen LogP contribution is 2.14. The quantitative estimate of drug-likeness (QED) is 0.534. The van der Waals surface area contributed by atoms with Gasteiger partial charge in [0, 0.05) is 19.1 Å². The maximum absolute atomic E-state index is 10.5. The second kappa shape index (κ2) is 3.09. The first-order valence-corrected chi connectivity index (χ1v) is 3.84. The molecule has 4 heteroatoms. The maximum Gasteiger partial charge on any atom is 0.407 e. The van der Waals surface area contributed by atoms with Crippen molar-refractivity contribution in [2.45, 2.75) is 19.4 Å². The molecule has 0 saturated carbocycles. The largest absolute Gasteiger partial charge is 0.465 e. The number of likely N-dealkylation sites (tertiary alicyclic amines) is 1. The zero-order chi connectivity index (χ0) is 8.43. The summed E-state index contributed by atoms with van der Waals surface area (Å²) in [7, 11) is 0. The Morgan fingerprint density at radius 3 is 2.82 bits per heavy atom. The monoisotopic (exact) mass is 158 g/mol. The fraction of sp³-hybridized carbons (Fsp3) is 0.857. The molecule has 0 bridgehead atoms. The SMILES string of the molecule is CC1CCN(C(=O)O)CC1N. The van der Waals surface area contributed by atoms with Gasteiger partial charge in [0.2, 0.25) is 0 Å². The average Bonchev–Trinajstić information content (AvgIpc) is 1.94. The van der Waals surface area contributed by atoms with E-state index in [2.05, 4.69) is 6.92 Å². The zero-order valence-electron chi connectivity index (χ0n) is 6.66. The summed E-state index contributed by atoms with van der Waals surface area (Å²) in [5.74, 6) is 0.450. The molecular weight excluding hydrogens is 144 g/mol. The van der Waals surface area contributed by atoms with Gasteiger partial charge in [0.25, 0.3) is 0 Å². The Bertz CT molecular complexity index is 161. The Labute approximate surface area is 66.0 Å². The molecule has 0 aromatic heterocycles. The van der Waals surface area contributed by atoms with Crippen LogP contribution in [0.4, 0.5) is 4.79 Å². The van der Waals surface area contributed by atoms with Crippen LogP contribution >= 0.6 is 0 Å². The Hall–Kier alpha value is -0.770. The van der Waals surface area contributed by atoms with E-state index in [9.17, 15) is 4.79 Å². The number of nitrogens with two attached hydrogens (primary N) is 1. The molecule has 64 valence electrons. The third-order valence-corrected chi connectivity index (χ3v) is 2.29. The van der Waals surface area contributed by atoms with E-state index >= 15 is 0 Å². The van der Waals surface area contributed by atoms with Crippen molar-refractivity contribution in [3.63, 3.8) is 0 Å². The smallest absolute Gasteiger partial charge is 0.407 e. The van der Waals surface area contributed by atoms with Gasteiger partial charge in [-0.15, -0.1) is 0 Å². The van der Waals surface area contributed by atoms with E-state index in [1.165, 1.54) is 4.90 Å². The lowest BCUT2D eigenvalue weighted by molar-refractivity contribution is 0.119. The number of rotatable bonds is 0.